The molecule has 3 rings (SSSR count). The number of carbonyl (C=O) groups is 2. The largest absolute Gasteiger partial charge is 0.383 e. The molecule has 0 aromatic heterocycles. The molecule has 1 fully saturated rings. The number of hydrogen-bond donors (Lipinski definition) is 3. The summed E-state index contributed by atoms with van der Waals surface area (Å²) in [6.07, 6.45) is 4.14. The maximum Gasteiger partial charge on any atom is 0.259 e. The number of nitrogens with one attached hydrogen (secondary N) is 3. The lowest BCUT2D eigenvalue weighted by molar-refractivity contribution is -0.132. The minimum Gasteiger partial charge on any atom is -0.383 e. The Morgan fingerprint density at radius 2 is 1.59 bits per heavy atom. The molecular formula is C25H31F2N3O2. The molecule has 0 spiro atoms. The van der Waals surface area contributed by atoms with E-state index in [0.29, 0.717) is 25.4 Å². The van der Waals surface area contributed by atoms with Crippen LogP contribution >= 0.6 is 0 Å². The number of halogens is 2. The van der Waals surface area contributed by atoms with Gasteiger partial charge in [0.2, 0.25) is 12.1 Å². The molecule has 0 saturated heterocycles. The van der Waals surface area contributed by atoms with E-state index in [0.717, 1.165) is 31.4 Å². The standard InChI is InChI=1S/C25H31F2N3O2/c26-20-11-13-21(14-12-20)28-15-16-29-24(31)22(17-18-7-3-1-4-8-18)30-25(32)23(27)19-9-5-2-6-10-19/h2,5-6,9-14,18,22-23,28H,1,3-4,7-8,15-17H2,(H,29,31)(H,30,32)/t22-,23+/m0/s1. The lowest BCUT2D eigenvalue weighted by atomic mass is 9.84. The van der Waals surface area contributed by atoms with E-state index in [1.165, 1.54) is 18.6 Å². The van der Waals surface area contributed by atoms with Gasteiger partial charge in [-0.15, -0.1) is 0 Å². The number of carbonyl (C=O) groups excluding carboxylic acids is 2. The fourth-order valence-electron chi connectivity index (χ4n) is 4.09. The van der Waals surface area contributed by atoms with Crippen molar-refractivity contribution in [2.24, 2.45) is 5.92 Å². The highest BCUT2D eigenvalue weighted by Crippen LogP contribution is 2.28. The summed E-state index contributed by atoms with van der Waals surface area (Å²) in [6, 6.07) is 13.4. The van der Waals surface area contributed by atoms with Gasteiger partial charge in [0.25, 0.3) is 5.91 Å². The first kappa shape index (κ1) is 23.7. The van der Waals surface area contributed by atoms with Crippen LogP contribution in [-0.4, -0.2) is 30.9 Å². The Labute approximate surface area is 188 Å². The number of anilines is 1. The average molecular weight is 444 g/mol. The number of alkyl halides is 1. The molecule has 0 radical (unpaired) electrons. The van der Waals surface area contributed by atoms with Gasteiger partial charge in [0.1, 0.15) is 11.9 Å². The molecule has 1 aliphatic carbocycles. The predicted octanol–water partition coefficient (Wildman–Crippen LogP) is 4.52. The van der Waals surface area contributed by atoms with Gasteiger partial charge in [-0.1, -0.05) is 62.4 Å². The summed E-state index contributed by atoms with van der Waals surface area (Å²) in [4.78, 5) is 25.4. The van der Waals surface area contributed by atoms with Crippen LogP contribution in [0, 0.1) is 11.7 Å². The minimum absolute atomic E-state index is 0.269. The van der Waals surface area contributed by atoms with Crippen LogP contribution in [-0.2, 0) is 9.59 Å². The Hall–Kier alpha value is -2.96. The van der Waals surface area contributed by atoms with Gasteiger partial charge >= 0.3 is 0 Å². The van der Waals surface area contributed by atoms with Gasteiger partial charge in [0.05, 0.1) is 0 Å². The predicted molar refractivity (Wildman–Crippen MR) is 121 cm³/mol. The zero-order valence-electron chi connectivity index (χ0n) is 18.2. The second-order valence-corrected chi connectivity index (χ2v) is 8.30. The van der Waals surface area contributed by atoms with Crippen LogP contribution in [0.1, 0.15) is 50.3 Å². The van der Waals surface area contributed by atoms with Gasteiger partial charge in [-0.25, -0.2) is 8.78 Å². The lowest BCUT2D eigenvalue weighted by Crippen LogP contribution is -2.49. The van der Waals surface area contributed by atoms with Crippen molar-refractivity contribution < 1.29 is 18.4 Å². The molecule has 0 heterocycles. The van der Waals surface area contributed by atoms with Crippen molar-refractivity contribution >= 4 is 17.5 Å². The lowest BCUT2D eigenvalue weighted by Gasteiger charge is -2.27. The quantitative estimate of drug-likeness (QED) is 0.473. The molecule has 0 aliphatic heterocycles. The van der Waals surface area contributed by atoms with Gasteiger partial charge in [0.15, 0.2) is 0 Å². The second kappa shape index (κ2) is 12.2. The highest BCUT2D eigenvalue weighted by Gasteiger charge is 2.29. The SMILES string of the molecule is O=C(NCCNc1ccc(F)cc1)[C@H](CC1CCCCC1)NC(=O)[C@H](F)c1ccccc1. The number of hydrogen-bond acceptors (Lipinski definition) is 3. The van der Waals surface area contributed by atoms with Crippen LogP contribution in [0.15, 0.2) is 54.6 Å². The van der Waals surface area contributed by atoms with Crippen molar-refractivity contribution in [3.05, 3.63) is 66.0 Å². The van der Waals surface area contributed by atoms with E-state index < -0.39 is 18.1 Å². The van der Waals surface area contributed by atoms with Crippen molar-refractivity contribution in [3.8, 4) is 0 Å². The third kappa shape index (κ3) is 7.32. The van der Waals surface area contributed by atoms with E-state index in [4.69, 9.17) is 0 Å². The zero-order valence-corrected chi connectivity index (χ0v) is 18.2. The van der Waals surface area contributed by atoms with Crippen LogP contribution in [0.2, 0.25) is 0 Å². The second-order valence-electron chi connectivity index (χ2n) is 8.30. The van der Waals surface area contributed by atoms with Crippen LogP contribution in [0.5, 0.6) is 0 Å². The topological polar surface area (TPSA) is 70.2 Å². The molecule has 2 amide bonds. The monoisotopic (exact) mass is 443 g/mol. The maximum absolute atomic E-state index is 14.7. The van der Waals surface area contributed by atoms with Gasteiger partial charge in [0, 0.05) is 18.8 Å². The zero-order chi connectivity index (χ0) is 22.8. The first-order chi connectivity index (χ1) is 15.5. The van der Waals surface area contributed by atoms with Crippen molar-refractivity contribution in [3.63, 3.8) is 0 Å². The molecule has 172 valence electrons. The van der Waals surface area contributed by atoms with Crippen LogP contribution < -0.4 is 16.0 Å². The summed E-state index contributed by atoms with van der Waals surface area (Å²) in [6.45, 7) is 0.766. The Balaban J connectivity index is 1.54. The number of rotatable bonds is 10. The van der Waals surface area contributed by atoms with Gasteiger partial charge < -0.3 is 16.0 Å². The smallest absolute Gasteiger partial charge is 0.259 e. The molecule has 2 aromatic carbocycles. The Morgan fingerprint density at radius 3 is 2.28 bits per heavy atom. The van der Waals surface area contributed by atoms with E-state index in [9.17, 15) is 18.4 Å². The van der Waals surface area contributed by atoms with Crippen LogP contribution in [0.25, 0.3) is 0 Å². The molecule has 1 aliphatic rings. The molecule has 32 heavy (non-hydrogen) atoms. The average Bonchev–Trinajstić information content (AvgIpc) is 2.83. The maximum atomic E-state index is 14.7. The van der Waals surface area contributed by atoms with E-state index in [1.54, 1.807) is 42.5 Å². The van der Waals surface area contributed by atoms with Crippen LogP contribution in [0.4, 0.5) is 14.5 Å². The van der Waals surface area contributed by atoms with Gasteiger partial charge in [-0.3, -0.25) is 9.59 Å². The highest BCUT2D eigenvalue weighted by molar-refractivity contribution is 5.89. The summed E-state index contributed by atoms with van der Waals surface area (Å²) >= 11 is 0. The fraction of sp³-hybridized carbons (Fsp3) is 0.440. The van der Waals surface area contributed by atoms with Crippen molar-refractivity contribution in [2.75, 3.05) is 18.4 Å². The van der Waals surface area contributed by atoms with Gasteiger partial charge in [-0.05, 0) is 42.2 Å². The summed E-state index contributed by atoms with van der Waals surface area (Å²) < 4.78 is 27.7. The first-order valence-electron chi connectivity index (χ1n) is 11.3. The Bertz CT molecular complexity index is 855. The van der Waals surface area contributed by atoms with Crippen molar-refractivity contribution in [1.29, 1.82) is 0 Å². The summed E-state index contributed by atoms with van der Waals surface area (Å²) in [5.74, 6) is -1.08. The first-order valence-corrected chi connectivity index (χ1v) is 11.3. The third-order valence-corrected chi connectivity index (χ3v) is 5.85. The molecule has 3 N–H and O–H groups in total. The number of amides is 2. The Morgan fingerprint density at radius 1 is 0.906 bits per heavy atom. The molecule has 2 atom stereocenters. The van der Waals surface area contributed by atoms with E-state index in [2.05, 4.69) is 16.0 Å². The van der Waals surface area contributed by atoms with Crippen molar-refractivity contribution in [2.45, 2.75) is 50.7 Å². The van der Waals surface area contributed by atoms with Crippen LogP contribution in [0.3, 0.4) is 0 Å². The minimum atomic E-state index is -1.82. The van der Waals surface area contributed by atoms with Gasteiger partial charge in [-0.2, -0.15) is 0 Å². The normalized spacial score (nSPS) is 16.1. The fourth-order valence-corrected chi connectivity index (χ4v) is 4.09. The summed E-state index contributed by atoms with van der Waals surface area (Å²) in [5, 5.41) is 8.56. The van der Waals surface area contributed by atoms with E-state index in [1.807, 2.05) is 0 Å². The molecule has 0 bridgehead atoms. The third-order valence-electron chi connectivity index (χ3n) is 5.85. The molecule has 2 aromatic rings. The van der Waals surface area contributed by atoms with Crippen molar-refractivity contribution in [1.82, 2.24) is 10.6 Å². The summed E-state index contributed by atoms with van der Waals surface area (Å²) in [7, 11) is 0. The number of benzene rings is 2. The molecule has 5 nitrogen and oxygen atoms in total. The molecule has 1 saturated carbocycles. The molecule has 0 unspecified atom stereocenters. The van der Waals surface area contributed by atoms with E-state index >= 15 is 0 Å². The molecule has 7 heteroatoms. The Kier molecular flexibility index (Phi) is 9.01. The van der Waals surface area contributed by atoms with E-state index in [-0.39, 0.29) is 17.3 Å². The highest BCUT2D eigenvalue weighted by atomic mass is 19.1. The summed E-state index contributed by atoms with van der Waals surface area (Å²) in [5.41, 5.74) is 1.01. The molecular weight excluding hydrogens is 412 g/mol.